The van der Waals surface area contributed by atoms with E-state index < -0.39 is 6.10 Å². The second kappa shape index (κ2) is 5.41. The number of aliphatic hydroxyl groups is 1. The van der Waals surface area contributed by atoms with E-state index in [0.717, 1.165) is 0 Å². The van der Waals surface area contributed by atoms with Crippen LogP contribution in [0.1, 0.15) is 0 Å². The van der Waals surface area contributed by atoms with Gasteiger partial charge in [0.2, 0.25) is 0 Å². The molecule has 0 aliphatic carbocycles. The van der Waals surface area contributed by atoms with Crippen LogP contribution in [0.4, 0.5) is 0 Å². The summed E-state index contributed by atoms with van der Waals surface area (Å²) in [4.78, 5) is 17.3. The predicted molar refractivity (Wildman–Crippen MR) is 55.4 cm³/mol. The largest absolute Gasteiger partial charge is 0.391 e. The Kier molecular flexibility index (Phi) is 4.47. The molecule has 1 heterocycles. The van der Waals surface area contributed by atoms with E-state index >= 15 is 0 Å². The predicted octanol–water partition coefficient (Wildman–Crippen LogP) is 0.618. The maximum Gasteiger partial charge on any atom is 0.251 e. The van der Waals surface area contributed by atoms with Crippen molar-refractivity contribution in [2.24, 2.45) is 0 Å². The van der Waals surface area contributed by atoms with Crippen molar-refractivity contribution in [3.63, 3.8) is 0 Å². The molecule has 0 radical (unpaired) electrons. The lowest BCUT2D eigenvalue weighted by molar-refractivity contribution is 0.226. The molecule has 1 rings (SSSR count). The third kappa shape index (κ3) is 3.93. The molecule has 0 bridgehead atoms. The highest BCUT2D eigenvalue weighted by Crippen LogP contribution is 2.11. The average Bonchev–Trinajstić information content (AvgIpc) is 2.14. The summed E-state index contributed by atoms with van der Waals surface area (Å²) < 4.78 is 0. The van der Waals surface area contributed by atoms with Crippen LogP contribution < -0.4 is 5.56 Å². The Morgan fingerprint density at radius 1 is 1.77 bits per heavy atom. The lowest BCUT2D eigenvalue weighted by atomic mass is 10.5. The maximum atomic E-state index is 10.8. The molecule has 0 saturated heterocycles. The fraction of sp³-hybridized carbons (Fsp3) is 0.429. The minimum absolute atomic E-state index is 0.175. The summed E-state index contributed by atoms with van der Waals surface area (Å²) in [5, 5.41) is 10.3. The zero-order chi connectivity index (χ0) is 9.68. The third-order valence-corrected chi connectivity index (χ3v) is 3.02. The standard InChI is InChI=1S/C7H9BrN2O2S/c8-3-5(11)4-13-7-9-2-1-6(12)10-7/h1-2,5,11H,3-4H2,(H,9,10,12). The fourth-order valence-corrected chi connectivity index (χ4v) is 1.95. The molecule has 2 N–H and O–H groups in total. The first-order valence-electron chi connectivity index (χ1n) is 3.64. The lowest BCUT2D eigenvalue weighted by Gasteiger charge is -2.04. The van der Waals surface area contributed by atoms with Crippen molar-refractivity contribution in [2.75, 3.05) is 11.1 Å². The average molecular weight is 265 g/mol. The highest BCUT2D eigenvalue weighted by atomic mass is 79.9. The molecule has 4 nitrogen and oxygen atoms in total. The number of hydrogen-bond acceptors (Lipinski definition) is 4. The van der Waals surface area contributed by atoms with Gasteiger partial charge in [-0.1, -0.05) is 27.7 Å². The number of nitrogens with one attached hydrogen (secondary N) is 1. The minimum Gasteiger partial charge on any atom is -0.391 e. The Hall–Kier alpha value is -0.330. The molecule has 0 aliphatic heterocycles. The number of hydrogen-bond donors (Lipinski definition) is 2. The zero-order valence-corrected chi connectivity index (χ0v) is 9.14. The molecule has 0 aliphatic rings. The molecule has 1 aromatic rings. The van der Waals surface area contributed by atoms with Gasteiger partial charge in [-0.3, -0.25) is 4.79 Å². The first kappa shape index (κ1) is 10.7. The monoisotopic (exact) mass is 264 g/mol. The summed E-state index contributed by atoms with van der Waals surface area (Å²) in [6.07, 6.45) is 1.03. The molecule has 0 spiro atoms. The molecule has 6 heteroatoms. The highest BCUT2D eigenvalue weighted by Gasteiger charge is 2.03. The summed E-state index contributed by atoms with van der Waals surface area (Å²) in [5.74, 6) is 0.512. The normalized spacial score (nSPS) is 12.8. The second-order valence-corrected chi connectivity index (χ2v) is 4.01. The summed E-state index contributed by atoms with van der Waals surface area (Å²) in [6.45, 7) is 0. The SMILES string of the molecule is O=c1ccnc(SCC(O)CBr)[nH]1. The van der Waals surface area contributed by atoms with E-state index in [4.69, 9.17) is 0 Å². The maximum absolute atomic E-state index is 10.8. The number of H-pyrrole nitrogens is 1. The number of aromatic amines is 1. The van der Waals surface area contributed by atoms with Gasteiger partial charge in [0.05, 0.1) is 6.10 Å². The zero-order valence-electron chi connectivity index (χ0n) is 6.74. The van der Waals surface area contributed by atoms with Gasteiger partial charge >= 0.3 is 0 Å². The van der Waals surface area contributed by atoms with Gasteiger partial charge < -0.3 is 10.1 Å². The van der Waals surface area contributed by atoms with Crippen LogP contribution in [0.5, 0.6) is 0 Å². The van der Waals surface area contributed by atoms with Crippen molar-refractivity contribution in [3.8, 4) is 0 Å². The third-order valence-electron chi connectivity index (χ3n) is 1.24. The molecule has 0 aromatic carbocycles. The number of thioether (sulfide) groups is 1. The summed E-state index contributed by atoms with van der Waals surface area (Å²) in [6, 6.07) is 1.35. The van der Waals surface area contributed by atoms with Crippen LogP contribution in [-0.4, -0.2) is 32.3 Å². The number of nitrogens with zero attached hydrogens (tertiary/aromatic N) is 1. The van der Waals surface area contributed by atoms with E-state index in [-0.39, 0.29) is 5.56 Å². The topological polar surface area (TPSA) is 66.0 Å². The van der Waals surface area contributed by atoms with Crippen molar-refractivity contribution >= 4 is 27.7 Å². The second-order valence-electron chi connectivity index (χ2n) is 2.36. The van der Waals surface area contributed by atoms with Crippen LogP contribution >= 0.6 is 27.7 Å². The van der Waals surface area contributed by atoms with Gasteiger partial charge in [0.15, 0.2) is 5.16 Å². The smallest absolute Gasteiger partial charge is 0.251 e. The fourth-order valence-electron chi connectivity index (χ4n) is 0.645. The first-order chi connectivity index (χ1) is 6.22. The van der Waals surface area contributed by atoms with Crippen LogP contribution in [0, 0.1) is 0 Å². The molecule has 1 aromatic heterocycles. The Morgan fingerprint density at radius 3 is 3.15 bits per heavy atom. The van der Waals surface area contributed by atoms with E-state index in [0.29, 0.717) is 16.2 Å². The van der Waals surface area contributed by atoms with E-state index in [1.54, 1.807) is 0 Å². The van der Waals surface area contributed by atoms with Gasteiger partial charge in [-0.2, -0.15) is 0 Å². The number of aliphatic hydroxyl groups excluding tert-OH is 1. The molecular formula is C7H9BrN2O2S. The van der Waals surface area contributed by atoms with Crippen molar-refractivity contribution in [1.29, 1.82) is 0 Å². The van der Waals surface area contributed by atoms with Crippen molar-refractivity contribution < 1.29 is 5.11 Å². The van der Waals surface area contributed by atoms with Crippen LogP contribution in [-0.2, 0) is 0 Å². The quantitative estimate of drug-likeness (QED) is 0.476. The minimum atomic E-state index is -0.421. The van der Waals surface area contributed by atoms with Crippen molar-refractivity contribution in [3.05, 3.63) is 22.6 Å². The van der Waals surface area contributed by atoms with Gasteiger partial charge in [-0.15, -0.1) is 0 Å². The van der Waals surface area contributed by atoms with Gasteiger partial charge in [0.25, 0.3) is 5.56 Å². The number of rotatable bonds is 4. The molecule has 1 atom stereocenters. The van der Waals surface area contributed by atoms with Crippen molar-refractivity contribution in [1.82, 2.24) is 9.97 Å². The van der Waals surface area contributed by atoms with Crippen LogP contribution in [0.2, 0.25) is 0 Å². The molecule has 0 saturated carbocycles. The number of alkyl halides is 1. The Bertz CT molecular complexity index is 317. The van der Waals surface area contributed by atoms with Crippen molar-refractivity contribution in [2.45, 2.75) is 11.3 Å². The van der Waals surface area contributed by atoms with Gasteiger partial charge in [-0.25, -0.2) is 4.98 Å². The Morgan fingerprint density at radius 2 is 2.54 bits per heavy atom. The number of halogens is 1. The van der Waals surface area contributed by atoms with Gasteiger partial charge in [0, 0.05) is 23.3 Å². The van der Waals surface area contributed by atoms with Gasteiger partial charge in [-0.05, 0) is 0 Å². The summed E-state index contributed by atoms with van der Waals surface area (Å²) in [5.41, 5.74) is -0.175. The van der Waals surface area contributed by atoms with Gasteiger partial charge in [0.1, 0.15) is 0 Å². The highest BCUT2D eigenvalue weighted by molar-refractivity contribution is 9.09. The molecule has 1 unspecified atom stereocenters. The molecule has 13 heavy (non-hydrogen) atoms. The molecule has 72 valence electrons. The molecular weight excluding hydrogens is 256 g/mol. The van der Waals surface area contributed by atoms with E-state index in [9.17, 15) is 9.90 Å². The number of aromatic nitrogens is 2. The Labute approximate surface area is 87.9 Å². The molecule has 0 amide bonds. The van der Waals surface area contributed by atoms with Crippen LogP contribution in [0.15, 0.2) is 22.2 Å². The van der Waals surface area contributed by atoms with Crippen LogP contribution in [0.25, 0.3) is 0 Å². The lowest BCUT2D eigenvalue weighted by Crippen LogP contribution is -2.12. The van der Waals surface area contributed by atoms with E-state index in [1.165, 1.54) is 24.0 Å². The van der Waals surface area contributed by atoms with Crippen LogP contribution in [0.3, 0.4) is 0 Å². The summed E-state index contributed by atoms with van der Waals surface area (Å²) >= 11 is 4.47. The first-order valence-corrected chi connectivity index (χ1v) is 5.75. The van der Waals surface area contributed by atoms with E-state index in [2.05, 4.69) is 25.9 Å². The summed E-state index contributed by atoms with van der Waals surface area (Å²) in [7, 11) is 0. The molecule has 0 fully saturated rings. The Balaban J connectivity index is 2.50. The van der Waals surface area contributed by atoms with E-state index in [1.807, 2.05) is 0 Å².